The van der Waals surface area contributed by atoms with Gasteiger partial charge in [-0.15, -0.1) is 0 Å². The Morgan fingerprint density at radius 1 is 0.938 bits per heavy atom. The first-order chi connectivity index (χ1) is 14.6. The van der Waals surface area contributed by atoms with Crippen LogP contribution < -0.4 is 34.5 Å². The molecule has 0 aliphatic heterocycles. The number of unbranched alkanes of at least 4 members (excludes halogenated alkanes) is 13. The second-order valence-corrected chi connectivity index (χ2v) is 9.99. The Kier molecular flexibility index (Phi) is 22.5. The quantitative estimate of drug-likeness (QED) is 0.114. The van der Waals surface area contributed by atoms with Gasteiger partial charge < -0.3 is 23.8 Å². The van der Waals surface area contributed by atoms with Crippen molar-refractivity contribution in [3.05, 3.63) is 0 Å². The van der Waals surface area contributed by atoms with E-state index in [9.17, 15) is 23.0 Å². The minimum Gasteiger partial charge on any atom is -0.774 e. The van der Waals surface area contributed by atoms with Gasteiger partial charge in [-0.05, 0) is 6.42 Å². The smallest absolute Gasteiger partial charge is 0.774 e. The van der Waals surface area contributed by atoms with Gasteiger partial charge in [0.05, 0.1) is 13.0 Å². The summed E-state index contributed by atoms with van der Waals surface area (Å²) in [4.78, 5) is 30.4. The van der Waals surface area contributed by atoms with E-state index in [0.717, 1.165) is 32.6 Å². The van der Waals surface area contributed by atoms with Crippen molar-refractivity contribution in [1.29, 1.82) is 0 Å². The minimum absolute atomic E-state index is 0. The van der Waals surface area contributed by atoms with E-state index in [2.05, 4.69) is 6.92 Å². The largest absolute Gasteiger partial charge is 1.00 e. The van der Waals surface area contributed by atoms with Crippen LogP contribution in [0.2, 0.25) is 0 Å². The third-order valence-corrected chi connectivity index (χ3v) is 6.17. The van der Waals surface area contributed by atoms with Crippen molar-refractivity contribution in [1.82, 2.24) is 0 Å². The predicted molar refractivity (Wildman–Crippen MR) is 116 cm³/mol. The van der Waals surface area contributed by atoms with Crippen LogP contribution in [0.15, 0.2) is 0 Å². The molecule has 0 aromatic rings. The fourth-order valence-electron chi connectivity index (χ4n) is 3.37. The number of hydrogen-bond donors (Lipinski definition) is 1. The van der Waals surface area contributed by atoms with Crippen LogP contribution in [0.25, 0.3) is 0 Å². The second kappa shape index (κ2) is 20.8. The molecular weight excluding hydrogens is 452 g/mol. The normalized spacial score (nSPS) is 14.4. The molecule has 2 unspecified atom stereocenters. The molecule has 0 heterocycles. The van der Waals surface area contributed by atoms with Crippen molar-refractivity contribution < 1.29 is 67.0 Å². The van der Waals surface area contributed by atoms with Crippen molar-refractivity contribution in [2.45, 2.75) is 122 Å². The zero-order valence-corrected chi connectivity index (χ0v) is 23.2. The van der Waals surface area contributed by atoms with E-state index in [4.69, 9.17) is 14.4 Å². The minimum atomic E-state index is -5.87. The van der Waals surface area contributed by atoms with Crippen molar-refractivity contribution in [2.24, 2.45) is 0 Å². The first-order valence-electron chi connectivity index (χ1n) is 11.8. The molecule has 0 radical (unpaired) electrons. The van der Waals surface area contributed by atoms with E-state index < -0.39 is 31.8 Å². The molecule has 0 aromatic carbocycles. The molecule has 0 spiro atoms. The Morgan fingerprint density at radius 3 is 1.72 bits per heavy atom. The van der Waals surface area contributed by atoms with Gasteiger partial charge in [-0.1, -0.05) is 90.4 Å². The van der Waals surface area contributed by atoms with Crippen LogP contribution in [-0.2, 0) is 18.8 Å². The molecular formula is C22H42F2NaO6P. The Labute approximate surface area is 215 Å². The van der Waals surface area contributed by atoms with Gasteiger partial charge in [0, 0.05) is 13.5 Å². The Balaban J connectivity index is 0. The molecule has 0 saturated heterocycles. The zero-order valence-electron chi connectivity index (χ0n) is 20.3. The summed E-state index contributed by atoms with van der Waals surface area (Å²) in [6.07, 6.45) is 14.3. The molecule has 0 bridgehead atoms. The third kappa shape index (κ3) is 19.9. The maximum absolute atomic E-state index is 13.5. The summed E-state index contributed by atoms with van der Waals surface area (Å²) in [6.45, 7) is 3.24. The van der Waals surface area contributed by atoms with Crippen molar-refractivity contribution >= 4 is 13.6 Å². The Hall–Kier alpha value is 0.440. The van der Waals surface area contributed by atoms with Gasteiger partial charge in [0.25, 0.3) is 0 Å². The van der Waals surface area contributed by atoms with Crippen LogP contribution in [0.3, 0.4) is 0 Å². The van der Waals surface area contributed by atoms with E-state index in [1.165, 1.54) is 64.2 Å². The van der Waals surface area contributed by atoms with Crippen LogP contribution in [0.5, 0.6) is 0 Å². The van der Waals surface area contributed by atoms with Gasteiger partial charge in [-0.3, -0.25) is 4.79 Å². The number of alkyl halides is 2. The number of esters is 1. The fraction of sp³-hybridized carbons (Fsp3) is 0.955. The van der Waals surface area contributed by atoms with Crippen LogP contribution in [0.1, 0.15) is 110 Å². The van der Waals surface area contributed by atoms with Gasteiger partial charge in [0.15, 0.2) is 0 Å². The molecule has 0 rings (SSSR count). The van der Waals surface area contributed by atoms with E-state index in [-0.39, 0.29) is 36.2 Å². The van der Waals surface area contributed by atoms with Gasteiger partial charge in [-0.25, -0.2) is 0 Å². The molecule has 0 aromatic heterocycles. The summed E-state index contributed by atoms with van der Waals surface area (Å²) in [7, 11) is -5.87. The third-order valence-electron chi connectivity index (χ3n) is 5.17. The summed E-state index contributed by atoms with van der Waals surface area (Å²) >= 11 is 0. The molecule has 0 fully saturated rings. The molecule has 10 heteroatoms. The molecule has 32 heavy (non-hydrogen) atoms. The maximum Gasteiger partial charge on any atom is 1.00 e. The molecule has 0 aliphatic carbocycles. The van der Waals surface area contributed by atoms with Gasteiger partial charge in [-0.2, -0.15) is 8.78 Å². The average Bonchev–Trinajstić information content (AvgIpc) is 2.66. The van der Waals surface area contributed by atoms with Crippen LogP contribution in [-0.4, -0.2) is 35.8 Å². The number of halogens is 2. The Morgan fingerprint density at radius 2 is 1.34 bits per heavy atom. The van der Waals surface area contributed by atoms with Crippen LogP contribution in [0, 0.1) is 0 Å². The van der Waals surface area contributed by atoms with Crippen molar-refractivity contribution in [3.8, 4) is 0 Å². The van der Waals surface area contributed by atoms with Crippen molar-refractivity contribution in [3.63, 3.8) is 0 Å². The topological polar surface area (TPSA) is 95.9 Å². The molecule has 0 amide bonds. The van der Waals surface area contributed by atoms with Crippen LogP contribution in [0.4, 0.5) is 8.78 Å². The standard InChI is InChI=1S/C22H43F2O6P.Na/c1-3-4-5-6-7-8-9-10-11-12-13-14-15-16-17-29-19-21(30-20(2)25)18-22(23,24)31(26,27)28;/h21H,3-19H2,1-2H3,(H2,26,27,28);/q;+1/p-1. The monoisotopic (exact) mass is 494 g/mol. The van der Waals surface area contributed by atoms with Gasteiger partial charge >= 0.3 is 41.2 Å². The van der Waals surface area contributed by atoms with Gasteiger partial charge in [0.1, 0.15) is 6.10 Å². The van der Waals surface area contributed by atoms with E-state index in [1.54, 1.807) is 0 Å². The molecule has 1 N–H and O–H groups in total. The van der Waals surface area contributed by atoms with Crippen LogP contribution >= 0.6 is 7.60 Å². The van der Waals surface area contributed by atoms with E-state index in [1.807, 2.05) is 0 Å². The first kappa shape index (κ1) is 34.6. The predicted octanol–water partition coefficient (Wildman–Crippen LogP) is 2.95. The molecule has 2 atom stereocenters. The zero-order chi connectivity index (χ0) is 23.6. The molecule has 6 nitrogen and oxygen atoms in total. The number of carbonyl (C=O) groups is 1. The first-order valence-corrected chi connectivity index (χ1v) is 13.3. The molecule has 0 saturated carbocycles. The summed E-state index contributed by atoms with van der Waals surface area (Å²) < 4.78 is 47.7. The number of hydrogen-bond acceptors (Lipinski definition) is 5. The average molecular weight is 495 g/mol. The summed E-state index contributed by atoms with van der Waals surface area (Å²) in [6, 6.07) is 0. The van der Waals surface area contributed by atoms with Gasteiger partial charge in [0.2, 0.25) is 7.60 Å². The number of rotatable bonds is 21. The second-order valence-electron chi connectivity index (χ2n) is 8.29. The number of ether oxygens (including phenoxy) is 2. The number of carbonyl (C=O) groups excluding carboxylic acids is 1. The SMILES string of the molecule is CCCCCCCCCCCCCCCCOCC(CC(F)(F)P(=O)([O-])O)OC(C)=O.[Na+]. The summed E-state index contributed by atoms with van der Waals surface area (Å²) in [5.74, 6) is -0.820. The molecule has 0 aliphatic rings. The fourth-order valence-corrected chi connectivity index (χ4v) is 3.81. The van der Waals surface area contributed by atoms with E-state index >= 15 is 0 Å². The molecule has 186 valence electrons. The van der Waals surface area contributed by atoms with E-state index in [0.29, 0.717) is 6.61 Å². The maximum atomic E-state index is 13.5. The van der Waals surface area contributed by atoms with Crippen molar-refractivity contribution in [2.75, 3.05) is 13.2 Å². The Bertz CT molecular complexity index is 505. The summed E-state index contributed by atoms with van der Waals surface area (Å²) in [5, 5.41) is 0. The summed E-state index contributed by atoms with van der Waals surface area (Å²) in [5.41, 5.74) is -4.37.